The first-order valence-corrected chi connectivity index (χ1v) is 7.80. The van der Waals surface area contributed by atoms with Gasteiger partial charge in [-0.3, -0.25) is 4.55 Å². The summed E-state index contributed by atoms with van der Waals surface area (Å²) in [6.45, 7) is 9.98. The summed E-state index contributed by atoms with van der Waals surface area (Å²) in [5.74, 6) is 0. The summed E-state index contributed by atoms with van der Waals surface area (Å²) in [6, 6.07) is 0. The summed E-state index contributed by atoms with van der Waals surface area (Å²) in [7, 11) is -4.12. The van der Waals surface area contributed by atoms with Crippen molar-refractivity contribution in [3.8, 4) is 0 Å². The Morgan fingerprint density at radius 2 is 1.75 bits per heavy atom. The zero-order chi connectivity index (χ0) is 16.2. The van der Waals surface area contributed by atoms with E-state index < -0.39 is 32.7 Å². The average Bonchev–Trinajstić information content (AvgIpc) is 2.19. The van der Waals surface area contributed by atoms with Crippen LogP contribution >= 0.6 is 0 Å². The maximum absolute atomic E-state index is 11.5. The van der Waals surface area contributed by atoms with Gasteiger partial charge in [0, 0.05) is 6.54 Å². The monoisotopic (exact) mass is 311 g/mol. The van der Waals surface area contributed by atoms with E-state index in [0.717, 1.165) is 0 Å². The van der Waals surface area contributed by atoms with Crippen LogP contribution in [0.25, 0.3) is 0 Å². The molecule has 0 saturated heterocycles. The normalized spacial score (nSPS) is 14.8. The fourth-order valence-corrected chi connectivity index (χ4v) is 1.32. The van der Waals surface area contributed by atoms with Gasteiger partial charge in [-0.15, -0.1) is 0 Å². The number of rotatable bonds is 6. The molecule has 0 heterocycles. The second kappa shape index (κ2) is 6.73. The molecule has 0 aromatic rings. The van der Waals surface area contributed by atoms with Crippen molar-refractivity contribution >= 4 is 16.2 Å². The lowest BCUT2D eigenvalue weighted by Crippen LogP contribution is -2.43. The molecule has 0 aromatic heterocycles. The number of amides is 1. The van der Waals surface area contributed by atoms with Crippen molar-refractivity contribution in [3.05, 3.63) is 0 Å². The van der Waals surface area contributed by atoms with Crippen LogP contribution in [0.5, 0.6) is 0 Å². The van der Waals surface area contributed by atoms with Gasteiger partial charge in [0.2, 0.25) is 0 Å². The maximum Gasteiger partial charge on any atom is 0.407 e. The molecule has 0 aliphatic rings. The van der Waals surface area contributed by atoms with Crippen LogP contribution in [0.4, 0.5) is 4.79 Å². The largest absolute Gasteiger partial charge is 0.444 e. The van der Waals surface area contributed by atoms with Gasteiger partial charge in [0.1, 0.15) is 10.9 Å². The van der Waals surface area contributed by atoms with E-state index in [9.17, 15) is 13.2 Å². The molecule has 1 unspecified atom stereocenters. The molecular formula is C12H25NO6S. The summed E-state index contributed by atoms with van der Waals surface area (Å²) in [5, 5.41) is 1.52. The van der Waals surface area contributed by atoms with E-state index in [1.165, 1.54) is 6.92 Å². The molecule has 0 spiro atoms. The van der Waals surface area contributed by atoms with Gasteiger partial charge < -0.3 is 14.8 Å². The van der Waals surface area contributed by atoms with Crippen LogP contribution in [0.3, 0.4) is 0 Å². The fourth-order valence-electron chi connectivity index (χ4n) is 1.08. The number of carbonyl (C=O) groups excluding carboxylic acids is 1. The van der Waals surface area contributed by atoms with Crippen molar-refractivity contribution in [2.45, 2.75) is 58.0 Å². The van der Waals surface area contributed by atoms with E-state index in [1.807, 2.05) is 0 Å². The molecule has 0 bridgehead atoms. The predicted octanol–water partition coefficient (Wildman–Crippen LogP) is 1.58. The standard InChI is InChI=1S/C12H25NO6S/c1-9(20(15,16)17)7-18-12(5,6)8-13-10(14)19-11(2,3)4/h9H,7-8H2,1-6H3,(H,13,14)(H,15,16,17). The minimum absolute atomic E-state index is 0.153. The van der Waals surface area contributed by atoms with Crippen molar-refractivity contribution in [1.82, 2.24) is 5.32 Å². The molecule has 0 radical (unpaired) electrons. The minimum Gasteiger partial charge on any atom is -0.444 e. The van der Waals surface area contributed by atoms with E-state index in [1.54, 1.807) is 34.6 Å². The van der Waals surface area contributed by atoms with Crippen molar-refractivity contribution in [2.75, 3.05) is 13.2 Å². The first-order valence-electron chi connectivity index (χ1n) is 6.30. The number of carbonyl (C=O) groups is 1. The lowest BCUT2D eigenvalue weighted by Gasteiger charge is -2.27. The topological polar surface area (TPSA) is 102 Å². The molecule has 1 amide bonds. The van der Waals surface area contributed by atoms with Crippen LogP contribution in [-0.4, -0.2) is 48.7 Å². The SMILES string of the molecule is CC(COC(C)(C)CNC(=O)OC(C)(C)C)S(=O)(=O)O. The lowest BCUT2D eigenvalue weighted by atomic mass is 10.1. The van der Waals surface area contributed by atoms with E-state index >= 15 is 0 Å². The zero-order valence-corrected chi connectivity index (χ0v) is 13.7. The quantitative estimate of drug-likeness (QED) is 0.722. The number of alkyl carbamates (subject to hydrolysis) is 1. The Bertz CT molecular complexity index is 424. The molecule has 0 fully saturated rings. The molecule has 120 valence electrons. The lowest BCUT2D eigenvalue weighted by molar-refractivity contribution is -0.0184. The molecule has 7 nitrogen and oxygen atoms in total. The van der Waals surface area contributed by atoms with Gasteiger partial charge in [-0.1, -0.05) is 0 Å². The Hall–Kier alpha value is -0.860. The Balaban J connectivity index is 4.24. The van der Waals surface area contributed by atoms with Gasteiger partial charge in [0.15, 0.2) is 0 Å². The van der Waals surface area contributed by atoms with Gasteiger partial charge >= 0.3 is 6.09 Å². The molecule has 20 heavy (non-hydrogen) atoms. The third kappa shape index (κ3) is 9.11. The van der Waals surface area contributed by atoms with Crippen molar-refractivity contribution in [1.29, 1.82) is 0 Å². The summed E-state index contributed by atoms with van der Waals surface area (Å²) in [4.78, 5) is 11.5. The Morgan fingerprint density at radius 1 is 1.25 bits per heavy atom. The first-order chi connectivity index (χ1) is 8.73. The van der Waals surface area contributed by atoms with Crippen molar-refractivity contribution in [2.24, 2.45) is 0 Å². The number of hydrogen-bond donors (Lipinski definition) is 2. The predicted molar refractivity (Wildman–Crippen MR) is 75.3 cm³/mol. The van der Waals surface area contributed by atoms with Crippen molar-refractivity contribution in [3.63, 3.8) is 0 Å². The summed E-state index contributed by atoms with van der Waals surface area (Å²) in [6.07, 6.45) is -0.572. The maximum atomic E-state index is 11.5. The second-order valence-electron chi connectivity index (χ2n) is 6.25. The zero-order valence-electron chi connectivity index (χ0n) is 12.9. The molecule has 0 aliphatic heterocycles. The van der Waals surface area contributed by atoms with E-state index in [0.29, 0.717) is 0 Å². The summed E-state index contributed by atoms with van der Waals surface area (Å²) in [5.41, 5.74) is -1.37. The van der Waals surface area contributed by atoms with Crippen LogP contribution < -0.4 is 5.32 Å². The number of ether oxygens (including phenoxy) is 2. The molecule has 0 aromatic carbocycles. The first kappa shape index (κ1) is 19.1. The third-order valence-electron chi connectivity index (χ3n) is 2.27. The van der Waals surface area contributed by atoms with Crippen LogP contribution in [-0.2, 0) is 19.6 Å². The molecule has 0 rings (SSSR count). The average molecular weight is 311 g/mol. The molecule has 2 N–H and O–H groups in total. The fraction of sp³-hybridized carbons (Fsp3) is 0.917. The highest BCUT2D eigenvalue weighted by Gasteiger charge is 2.25. The highest BCUT2D eigenvalue weighted by molar-refractivity contribution is 7.86. The van der Waals surface area contributed by atoms with E-state index in [-0.39, 0.29) is 13.2 Å². The van der Waals surface area contributed by atoms with Gasteiger partial charge in [-0.2, -0.15) is 8.42 Å². The smallest absolute Gasteiger partial charge is 0.407 e. The highest BCUT2D eigenvalue weighted by Crippen LogP contribution is 2.11. The van der Waals surface area contributed by atoms with Gasteiger partial charge in [0.25, 0.3) is 10.1 Å². The molecule has 0 aliphatic carbocycles. The molecule has 0 saturated carbocycles. The molecule has 1 atom stereocenters. The van der Waals surface area contributed by atoms with E-state index in [4.69, 9.17) is 14.0 Å². The van der Waals surface area contributed by atoms with Crippen LogP contribution in [0.2, 0.25) is 0 Å². The molecular weight excluding hydrogens is 286 g/mol. The second-order valence-corrected chi connectivity index (χ2v) is 8.09. The van der Waals surface area contributed by atoms with E-state index in [2.05, 4.69) is 5.32 Å². The van der Waals surface area contributed by atoms with Crippen molar-refractivity contribution < 1.29 is 27.2 Å². The van der Waals surface area contributed by atoms with Gasteiger partial charge in [0.05, 0.1) is 12.2 Å². The Morgan fingerprint density at radius 3 is 2.15 bits per heavy atom. The van der Waals surface area contributed by atoms with Crippen LogP contribution in [0.1, 0.15) is 41.5 Å². The molecule has 8 heteroatoms. The highest BCUT2D eigenvalue weighted by atomic mass is 32.2. The van der Waals surface area contributed by atoms with Gasteiger partial charge in [-0.25, -0.2) is 4.79 Å². The third-order valence-corrected chi connectivity index (χ3v) is 3.43. The number of hydrogen-bond acceptors (Lipinski definition) is 5. The summed E-state index contributed by atoms with van der Waals surface area (Å²) >= 11 is 0. The number of nitrogens with one attached hydrogen (secondary N) is 1. The minimum atomic E-state index is -4.12. The summed E-state index contributed by atoms with van der Waals surface area (Å²) < 4.78 is 41.0. The van der Waals surface area contributed by atoms with Crippen LogP contribution in [0, 0.1) is 0 Å². The Labute approximate surface area is 120 Å². The Kier molecular flexibility index (Phi) is 6.44. The van der Waals surface area contributed by atoms with Gasteiger partial charge in [-0.05, 0) is 41.5 Å². The van der Waals surface area contributed by atoms with Crippen LogP contribution in [0.15, 0.2) is 0 Å².